The first-order valence-electron chi connectivity index (χ1n) is 11.6. The Hall–Kier alpha value is -3.43. The number of hydrogen-bond acceptors (Lipinski definition) is 7. The summed E-state index contributed by atoms with van der Waals surface area (Å²) in [6.07, 6.45) is 5.07. The molecule has 3 amide bonds. The molecule has 2 aliphatic rings. The lowest BCUT2D eigenvalue weighted by atomic mass is 10.1. The fourth-order valence-corrected chi connectivity index (χ4v) is 3.80. The zero-order chi connectivity index (χ0) is 24.3. The second-order valence-corrected chi connectivity index (χ2v) is 8.00. The van der Waals surface area contributed by atoms with Gasteiger partial charge in [-0.3, -0.25) is 9.59 Å². The van der Waals surface area contributed by atoms with Crippen LogP contribution in [0.1, 0.15) is 38.2 Å². The fraction of sp³-hybridized carbons (Fsp3) is 0.542. The molecule has 2 N–H and O–H groups in total. The van der Waals surface area contributed by atoms with Crippen LogP contribution in [-0.4, -0.2) is 75.4 Å². The highest BCUT2D eigenvalue weighted by atomic mass is 16.6. The summed E-state index contributed by atoms with van der Waals surface area (Å²) < 4.78 is 21.5. The lowest BCUT2D eigenvalue weighted by Crippen LogP contribution is -2.46. The summed E-state index contributed by atoms with van der Waals surface area (Å²) in [4.78, 5) is 37.7. The van der Waals surface area contributed by atoms with Gasteiger partial charge in [-0.15, -0.1) is 0 Å². The van der Waals surface area contributed by atoms with Gasteiger partial charge in [0.2, 0.25) is 17.6 Å². The summed E-state index contributed by atoms with van der Waals surface area (Å²) >= 11 is 0. The molecule has 186 valence electrons. The number of fused-ring (bicyclic) bond motifs is 1. The molecule has 0 radical (unpaired) electrons. The number of likely N-dealkylation sites (tertiary alicyclic amines) is 1. The van der Waals surface area contributed by atoms with Crippen LogP contribution < -0.4 is 24.8 Å². The van der Waals surface area contributed by atoms with Crippen molar-refractivity contribution in [3.63, 3.8) is 0 Å². The van der Waals surface area contributed by atoms with Crippen molar-refractivity contribution in [3.8, 4) is 17.2 Å². The van der Waals surface area contributed by atoms with Crippen molar-refractivity contribution in [1.82, 2.24) is 15.5 Å². The highest BCUT2D eigenvalue weighted by Crippen LogP contribution is 2.40. The molecular formula is C24H33N3O7. The Kier molecular flexibility index (Phi) is 9.42. The smallest absolute Gasteiger partial charge is 0.409 e. The van der Waals surface area contributed by atoms with Crippen LogP contribution in [0.25, 0.3) is 6.08 Å². The first kappa shape index (κ1) is 25.2. The molecular weight excluding hydrogens is 442 g/mol. The number of ether oxygens (including phenoxy) is 4. The molecule has 34 heavy (non-hydrogen) atoms. The number of rotatable bonds is 9. The molecule has 1 aromatic rings. The van der Waals surface area contributed by atoms with E-state index in [0.717, 1.165) is 5.56 Å². The molecule has 0 aromatic heterocycles. The van der Waals surface area contributed by atoms with E-state index in [9.17, 15) is 14.4 Å². The Balaban J connectivity index is 1.34. The van der Waals surface area contributed by atoms with Gasteiger partial charge in [0.05, 0.1) is 13.7 Å². The maximum Gasteiger partial charge on any atom is 0.409 e. The molecule has 0 unspecified atom stereocenters. The van der Waals surface area contributed by atoms with Gasteiger partial charge >= 0.3 is 6.09 Å². The first-order valence-corrected chi connectivity index (χ1v) is 11.6. The molecule has 2 aliphatic heterocycles. The summed E-state index contributed by atoms with van der Waals surface area (Å²) in [5, 5.41) is 5.78. The van der Waals surface area contributed by atoms with E-state index in [1.807, 2.05) is 0 Å². The third-order valence-electron chi connectivity index (χ3n) is 5.54. The minimum atomic E-state index is -0.301. The van der Waals surface area contributed by atoms with Crippen molar-refractivity contribution in [2.24, 2.45) is 0 Å². The molecule has 1 saturated heterocycles. The molecule has 10 heteroatoms. The van der Waals surface area contributed by atoms with Gasteiger partial charge in [-0.2, -0.15) is 0 Å². The van der Waals surface area contributed by atoms with Crippen LogP contribution >= 0.6 is 0 Å². The SMILES string of the molecule is CCOC(=O)N1CCC(NC(=O)CCCNC(=O)/C=C/c2cc(OC)c3c(c2)OCCO3)CC1. The van der Waals surface area contributed by atoms with Crippen LogP contribution in [0.5, 0.6) is 17.2 Å². The van der Waals surface area contributed by atoms with E-state index in [-0.39, 0.29) is 23.9 Å². The number of benzene rings is 1. The Morgan fingerprint density at radius 1 is 1.18 bits per heavy atom. The normalized spacial score (nSPS) is 15.6. The maximum atomic E-state index is 12.2. The molecule has 1 fully saturated rings. The summed E-state index contributed by atoms with van der Waals surface area (Å²) in [5.41, 5.74) is 0.754. The highest BCUT2D eigenvalue weighted by Gasteiger charge is 2.24. The van der Waals surface area contributed by atoms with Gasteiger partial charge in [-0.1, -0.05) is 0 Å². The minimum absolute atomic E-state index is 0.0530. The Labute approximate surface area is 199 Å². The van der Waals surface area contributed by atoms with E-state index in [1.54, 1.807) is 37.1 Å². The number of nitrogens with one attached hydrogen (secondary N) is 2. The topological polar surface area (TPSA) is 115 Å². The third kappa shape index (κ3) is 7.29. The second kappa shape index (κ2) is 12.7. The summed E-state index contributed by atoms with van der Waals surface area (Å²) in [6, 6.07) is 3.62. The average Bonchev–Trinajstić information content (AvgIpc) is 2.85. The van der Waals surface area contributed by atoms with E-state index in [2.05, 4.69) is 10.6 Å². The van der Waals surface area contributed by atoms with Crippen LogP contribution in [-0.2, 0) is 14.3 Å². The third-order valence-corrected chi connectivity index (χ3v) is 5.54. The van der Waals surface area contributed by atoms with Crippen molar-refractivity contribution >= 4 is 24.0 Å². The lowest BCUT2D eigenvalue weighted by Gasteiger charge is -2.31. The quantitative estimate of drug-likeness (QED) is 0.415. The Morgan fingerprint density at radius 2 is 1.94 bits per heavy atom. The zero-order valence-corrected chi connectivity index (χ0v) is 19.8. The van der Waals surface area contributed by atoms with Crippen LogP contribution in [0.15, 0.2) is 18.2 Å². The number of nitrogens with zero attached hydrogens (tertiary/aromatic N) is 1. The van der Waals surface area contributed by atoms with Gasteiger partial charge in [-0.05, 0) is 50.0 Å². The van der Waals surface area contributed by atoms with Gasteiger partial charge in [-0.25, -0.2) is 4.79 Å². The van der Waals surface area contributed by atoms with Crippen molar-refractivity contribution in [3.05, 3.63) is 23.8 Å². The molecule has 3 rings (SSSR count). The zero-order valence-electron chi connectivity index (χ0n) is 19.8. The molecule has 1 aromatic carbocycles. The van der Waals surface area contributed by atoms with E-state index in [0.29, 0.717) is 82.4 Å². The van der Waals surface area contributed by atoms with Gasteiger partial charge in [0.1, 0.15) is 13.2 Å². The van der Waals surface area contributed by atoms with Crippen LogP contribution in [0, 0.1) is 0 Å². The lowest BCUT2D eigenvalue weighted by molar-refractivity contribution is -0.122. The van der Waals surface area contributed by atoms with Gasteiger partial charge in [0.15, 0.2) is 11.5 Å². The van der Waals surface area contributed by atoms with Crippen molar-refractivity contribution < 1.29 is 33.3 Å². The molecule has 10 nitrogen and oxygen atoms in total. The Morgan fingerprint density at radius 3 is 2.68 bits per heavy atom. The minimum Gasteiger partial charge on any atom is -0.493 e. The predicted molar refractivity (Wildman–Crippen MR) is 125 cm³/mol. The number of hydrogen-bond donors (Lipinski definition) is 2. The fourth-order valence-electron chi connectivity index (χ4n) is 3.80. The average molecular weight is 476 g/mol. The van der Waals surface area contributed by atoms with Crippen molar-refractivity contribution in [1.29, 1.82) is 0 Å². The first-order chi connectivity index (χ1) is 16.5. The van der Waals surface area contributed by atoms with E-state index in [1.165, 1.54) is 6.08 Å². The highest BCUT2D eigenvalue weighted by molar-refractivity contribution is 5.92. The van der Waals surface area contributed by atoms with Crippen LogP contribution in [0.3, 0.4) is 0 Å². The number of amides is 3. The van der Waals surface area contributed by atoms with Gasteiger partial charge in [0.25, 0.3) is 0 Å². The molecule has 0 atom stereocenters. The van der Waals surface area contributed by atoms with Crippen molar-refractivity contribution in [2.45, 2.75) is 38.6 Å². The summed E-state index contributed by atoms with van der Waals surface area (Å²) in [5.74, 6) is 1.40. The van der Waals surface area contributed by atoms with E-state index in [4.69, 9.17) is 18.9 Å². The van der Waals surface area contributed by atoms with E-state index < -0.39 is 0 Å². The largest absolute Gasteiger partial charge is 0.493 e. The predicted octanol–water partition coefficient (Wildman–Crippen LogP) is 2.11. The summed E-state index contributed by atoms with van der Waals surface area (Å²) in [6.45, 7) is 4.60. The number of carbonyl (C=O) groups excluding carboxylic acids is 3. The Bertz CT molecular complexity index is 878. The number of methoxy groups -OCH3 is 1. The number of carbonyl (C=O) groups is 3. The van der Waals surface area contributed by atoms with Gasteiger partial charge < -0.3 is 34.5 Å². The molecule has 0 bridgehead atoms. The van der Waals surface area contributed by atoms with Crippen LogP contribution in [0.2, 0.25) is 0 Å². The van der Waals surface area contributed by atoms with Gasteiger partial charge in [0, 0.05) is 38.2 Å². The molecule has 0 saturated carbocycles. The summed E-state index contributed by atoms with van der Waals surface area (Å²) in [7, 11) is 1.55. The standard InChI is InChI=1S/C24H33N3O7/c1-3-32-24(30)27-11-8-18(9-12-27)26-22(29)5-4-10-25-21(28)7-6-17-15-19(31-2)23-20(16-17)33-13-14-34-23/h6-7,15-16,18H,3-5,8-14H2,1-2H3,(H,25,28)(H,26,29)/b7-6+. The van der Waals surface area contributed by atoms with Crippen molar-refractivity contribution in [2.75, 3.05) is 46.6 Å². The maximum absolute atomic E-state index is 12.2. The number of piperidine rings is 1. The van der Waals surface area contributed by atoms with Crippen LogP contribution in [0.4, 0.5) is 4.79 Å². The molecule has 0 aliphatic carbocycles. The monoisotopic (exact) mass is 475 g/mol. The molecule has 2 heterocycles. The second-order valence-electron chi connectivity index (χ2n) is 8.00. The van der Waals surface area contributed by atoms with E-state index >= 15 is 0 Å². The molecule has 0 spiro atoms.